The van der Waals surface area contributed by atoms with E-state index in [0.29, 0.717) is 6.04 Å². The summed E-state index contributed by atoms with van der Waals surface area (Å²) in [7, 11) is 0. The van der Waals surface area contributed by atoms with Gasteiger partial charge in [0.15, 0.2) is 4.80 Å². The monoisotopic (exact) mass is 387 g/mol. The molecule has 0 spiro atoms. The molecule has 0 N–H and O–H groups in total. The first-order chi connectivity index (χ1) is 11.2. The average Bonchev–Trinajstić information content (AvgIpc) is 2.98. The number of thiazole rings is 1. The molecule has 3 aromatic rings. The highest BCUT2D eigenvalue weighted by atomic mass is 79.9. The highest BCUT2D eigenvalue weighted by Gasteiger charge is 2.13. The van der Waals surface area contributed by atoms with Crippen molar-refractivity contribution in [2.24, 2.45) is 4.99 Å². The maximum absolute atomic E-state index is 4.79. The molecule has 118 valence electrons. The molecule has 0 aliphatic carbocycles. The zero-order valence-electron chi connectivity index (χ0n) is 13.1. The molecule has 5 heteroatoms. The first kappa shape index (κ1) is 16.1. The van der Waals surface area contributed by atoms with Crippen LogP contribution in [0.4, 0.5) is 5.69 Å². The number of nitrogens with zero attached hydrogens (tertiary/aromatic N) is 3. The summed E-state index contributed by atoms with van der Waals surface area (Å²) in [5.74, 6) is 0. The summed E-state index contributed by atoms with van der Waals surface area (Å²) in [6, 6.07) is 12.7. The number of rotatable bonds is 4. The predicted octanol–water partition coefficient (Wildman–Crippen LogP) is 5.58. The second kappa shape index (κ2) is 7.23. The van der Waals surface area contributed by atoms with Gasteiger partial charge < -0.3 is 4.57 Å². The molecular formula is C18H18BrN3S. The molecule has 2 aromatic heterocycles. The van der Waals surface area contributed by atoms with E-state index in [9.17, 15) is 0 Å². The smallest absolute Gasteiger partial charge is 0.190 e. The molecular weight excluding hydrogens is 370 g/mol. The van der Waals surface area contributed by atoms with Crippen LogP contribution < -0.4 is 4.80 Å². The molecule has 0 aliphatic heterocycles. The van der Waals surface area contributed by atoms with Crippen molar-refractivity contribution >= 4 is 33.0 Å². The number of pyridine rings is 1. The second-order valence-electron chi connectivity index (χ2n) is 5.36. The van der Waals surface area contributed by atoms with Gasteiger partial charge in [-0.15, -0.1) is 11.3 Å². The number of hydrogen-bond donors (Lipinski definition) is 0. The fourth-order valence-electron chi connectivity index (χ4n) is 2.40. The van der Waals surface area contributed by atoms with E-state index in [1.54, 1.807) is 23.7 Å². The fraction of sp³-hybridized carbons (Fsp3) is 0.222. The third-order valence-corrected chi connectivity index (χ3v) is 5.10. The SMILES string of the molecule is CCC(C)n1c(-c2cccc(Br)c2)csc1=Nc1cccnc1. The first-order valence-electron chi connectivity index (χ1n) is 7.59. The van der Waals surface area contributed by atoms with E-state index >= 15 is 0 Å². The summed E-state index contributed by atoms with van der Waals surface area (Å²) in [5, 5.41) is 2.18. The second-order valence-corrected chi connectivity index (χ2v) is 7.12. The van der Waals surface area contributed by atoms with Crippen LogP contribution in [0.15, 0.2) is 63.6 Å². The third kappa shape index (κ3) is 3.62. The summed E-state index contributed by atoms with van der Waals surface area (Å²) in [5.41, 5.74) is 3.28. The van der Waals surface area contributed by atoms with E-state index in [1.807, 2.05) is 18.2 Å². The van der Waals surface area contributed by atoms with E-state index in [2.05, 4.69) is 62.9 Å². The van der Waals surface area contributed by atoms with Gasteiger partial charge >= 0.3 is 0 Å². The van der Waals surface area contributed by atoms with Crippen molar-refractivity contribution in [1.82, 2.24) is 9.55 Å². The van der Waals surface area contributed by atoms with Gasteiger partial charge in [0.05, 0.1) is 17.6 Å². The van der Waals surface area contributed by atoms with Gasteiger partial charge in [-0.2, -0.15) is 0 Å². The van der Waals surface area contributed by atoms with Crippen LogP contribution in [0.5, 0.6) is 0 Å². The van der Waals surface area contributed by atoms with Crippen molar-refractivity contribution in [2.45, 2.75) is 26.3 Å². The molecule has 3 nitrogen and oxygen atoms in total. The molecule has 2 heterocycles. The minimum Gasteiger partial charge on any atom is -0.314 e. The summed E-state index contributed by atoms with van der Waals surface area (Å²) in [4.78, 5) is 9.94. The maximum Gasteiger partial charge on any atom is 0.190 e. The van der Waals surface area contributed by atoms with Crippen molar-refractivity contribution in [2.75, 3.05) is 0 Å². The Morgan fingerprint density at radius 2 is 2.17 bits per heavy atom. The van der Waals surface area contributed by atoms with Gasteiger partial charge in [-0.3, -0.25) is 4.98 Å². The largest absolute Gasteiger partial charge is 0.314 e. The van der Waals surface area contributed by atoms with Crippen molar-refractivity contribution in [1.29, 1.82) is 0 Å². The maximum atomic E-state index is 4.79. The molecule has 0 saturated heterocycles. The van der Waals surface area contributed by atoms with Crippen LogP contribution in [0.1, 0.15) is 26.3 Å². The minimum atomic E-state index is 0.380. The Morgan fingerprint density at radius 1 is 1.30 bits per heavy atom. The van der Waals surface area contributed by atoms with Crippen LogP contribution in [0.25, 0.3) is 11.3 Å². The molecule has 0 bridgehead atoms. The van der Waals surface area contributed by atoms with Gasteiger partial charge in [-0.1, -0.05) is 35.0 Å². The van der Waals surface area contributed by atoms with E-state index < -0.39 is 0 Å². The van der Waals surface area contributed by atoms with Crippen LogP contribution in [-0.4, -0.2) is 9.55 Å². The summed E-state index contributed by atoms with van der Waals surface area (Å²) in [6.07, 6.45) is 4.61. The van der Waals surface area contributed by atoms with Crippen molar-refractivity contribution < 1.29 is 0 Å². The van der Waals surface area contributed by atoms with Crippen LogP contribution in [0.2, 0.25) is 0 Å². The van der Waals surface area contributed by atoms with E-state index in [0.717, 1.165) is 21.4 Å². The quantitative estimate of drug-likeness (QED) is 0.574. The van der Waals surface area contributed by atoms with Gasteiger partial charge in [0.1, 0.15) is 0 Å². The Kier molecular flexibility index (Phi) is 5.08. The van der Waals surface area contributed by atoms with Crippen LogP contribution >= 0.6 is 27.3 Å². The molecule has 0 fully saturated rings. The Morgan fingerprint density at radius 3 is 2.87 bits per heavy atom. The first-order valence-corrected chi connectivity index (χ1v) is 9.27. The van der Waals surface area contributed by atoms with Crippen LogP contribution in [0, 0.1) is 0 Å². The highest BCUT2D eigenvalue weighted by Crippen LogP contribution is 2.27. The molecule has 23 heavy (non-hydrogen) atoms. The lowest BCUT2D eigenvalue weighted by Gasteiger charge is -2.15. The zero-order chi connectivity index (χ0) is 16.2. The Labute approximate surface area is 148 Å². The van der Waals surface area contributed by atoms with E-state index in [-0.39, 0.29) is 0 Å². The third-order valence-electron chi connectivity index (χ3n) is 3.76. The highest BCUT2D eigenvalue weighted by molar-refractivity contribution is 9.10. The normalized spacial score (nSPS) is 13.3. The predicted molar refractivity (Wildman–Crippen MR) is 99.9 cm³/mol. The van der Waals surface area contributed by atoms with Gasteiger partial charge in [-0.05, 0) is 37.6 Å². The van der Waals surface area contributed by atoms with Gasteiger partial charge in [0, 0.05) is 27.7 Å². The Bertz CT molecular complexity index is 852. The molecule has 1 unspecified atom stereocenters. The molecule has 0 aliphatic rings. The van der Waals surface area contributed by atoms with Crippen molar-refractivity contribution in [3.8, 4) is 11.3 Å². The molecule has 0 radical (unpaired) electrons. The summed E-state index contributed by atoms with van der Waals surface area (Å²) < 4.78 is 3.40. The number of benzene rings is 1. The fourth-order valence-corrected chi connectivity index (χ4v) is 3.82. The van der Waals surface area contributed by atoms with E-state index in [1.165, 1.54) is 11.3 Å². The van der Waals surface area contributed by atoms with Crippen LogP contribution in [-0.2, 0) is 0 Å². The number of hydrogen-bond acceptors (Lipinski definition) is 3. The Balaban J connectivity index is 2.17. The standard InChI is InChI=1S/C18H18BrN3S/c1-3-13(2)22-17(14-6-4-7-15(19)10-14)12-23-18(22)21-16-8-5-9-20-11-16/h4-13H,3H2,1-2H3. The topological polar surface area (TPSA) is 30.2 Å². The Hall–Kier alpha value is -1.72. The summed E-state index contributed by atoms with van der Waals surface area (Å²) >= 11 is 5.23. The lowest BCUT2D eigenvalue weighted by atomic mass is 10.1. The molecule has 1 atom stereocenters. The van der Waals surface area contributed by atoms with Gasteiger partial charge in [0.25, 0.3) is 0 Å². The minimum absolute atomic E-state index is 0.380. The van der Waals surface area contributed by atoms with Gasteiger partial charge in [-0.25, -0.2) is 4.99 Å². The van der Waals surface area contributed by atoms with E-state index in [4.69, 9.17) is 4.99 Å². The van der Waals surface area contributed by atoms with Crippen molar-refractivity contribution in [3.05, 3.63) is 63.4 Å². The number of halogens is 1. The summed E-state index contributed by atoms with van der Waals surface area (Å²) in [6.45, 7) is 4.43. The molecule has 1 aromatic carbocycles. The zero-order valence-corrected chi connectivity index (χ0v) is 15.5. The average molecular weight is 388 g/mol. The van der Waals surface area contributed by atoms with Crippen LogP contribution in [0.3, 0.4) is 0 Å². The van der Waals surface area contributed by atoms with Crippen molar-refractivity contribution in [3.63, 3.8) is 0 Å². The lowest BCUT2D eigenvalue weighted by Crippen LogP contribution is -2.19. The lowest BCUT2D eigenvalue weighted by molar-refractivity contribution is 0.524. The van der Waals surface area contributed by atoms with Gasteiger partial charge in [0.2, 0.25) is 0 Å². The number of aromatic nitrogens is 2. The molecule has 3 rings (SSSR count). The molecule has 0 amide bonds. The molecule has 0 saturated carbocycles.